The fraction of sp³-hybridized carbons (Fsp3) is 0.611. The zero-order chi connectivity index (χ0) is 14.5. The molecule has 2 aliphatic rings. The van der Waals surface area contributed by atoms with Crippen LogP contribution in [-0.2, 0) is 6.42 Å². The number of aliphatic imine (C=N–C) groups is 1. The third-order valence-electron chi connectivity index (χ3n) is 4.92. The molecule has 0 saturated heterocycles. The Balaban J connectivity index is 1.47. The van der Waals surface area contributed by atoms with Crippen LogP contribution in [0.3, 0.4) is 0 Å². The van der Waals surface area contributed by atoms with Gasteiger partial charge < -0.3 is 5.32 Å². The standard InChI is InChI=1S/C18H26N2S/c1-15-7-3-4-8-16(15)9-12-19-17-20-13-18(14-21-17)10-5-2-6-11-18/h3-4,7-8H,2,5-6,9-14H2,1H3,(H,19,20). The van der Waals surface area contributed by atoms with Crippen LogP contribution in [0.1, 0.15) is 43.2 Å². The maximum absolute atomic E-state index is 4.83. The minimum atomic E-state index is 0.532. The highest BCUT2D eigenvalue weighted by atomic mass is 32.2. The molecule has 0 atom stereocenters. The second-order valence-electron chi connectivity index (χ2n) is 6.57. The van der Waals surface area contributed by atoms with Crippen molar-refractivity contribution in [2.45, 2.75) is 45.4 Å². The Morgan fingerprint density at radius 2 is 2.00 bits per heavy atom. The normalized spacial score (nSPS) is 21.1. The molecule has 0 unspecified atom stereocenters. The van der Waals surface area contributed by atoms with Gasteiger partial charge >= 0.3 is 0 Å². The van der Waals surface area contributed by atoms with Crippen LogP contribution in [0.4, 0.5) is 0 Å². The van der Waals surface area contributed by atoms with Gasteiger partial charge in [-0.15, -0.1) is 0 Å². The van der Waals surface area contributed by atoms with Crippen molar-refractivity contribution >= 4 is 16.9 Å². The minimum Gasteiger partial charge on any atom is -0.365 e. The van der Waals surface area contributed by atoms with Crippen LogP contribution in [0.2, 0.25) is 0 Å². The van der Waals surface area contributed by atoms with E-state index in [1.54, 1.807) is 0 Å². The van der Waals surface area contributed by atoms with Gasteiger partial charge in [0.25, 0.3) is 0 Å². The van der Waals surface area contributed by atoms with Gasteiger partial charge in [-0.3, -0.25) is 4.99 Å². The third kappa shape index (κ3) is 3.82. The number of benzene rings is 1. The van der Waals surface area contributed by atoms with E-state index in [1.807, 2.05) is 11.8 Å². The van der Waals surface area contributed by atoms with Crippen LogP contribution in [-0.4, -0.2) is 24.0 Å². The summed E-state index contributed by atoms with van der Waals surface area (Å²) in [7, 11) is 0. The van der Waals surface area contributed by atoms with Crippen molar-refractivity contribution in [3.05, 3.63) is 35.4 Å². The topological polar surface area (TPSA) is 24.4 Å². The van der Waals surface area contributed by atoms with Crippen LogP contribution >= 0.6 is 11.8 Å². The fourth-order valence-corrected chi connectivity index (χ4v) is 4.64. The van der Waals surface area contributed by atoms with Gasteiger partial charge in [-0.2, -0.15) is 0 Å². The van der Waals surface area contributed by atoms with Crippen molar-refractivity contribution in [1.82, 2.24) is 5.32 Å². The number of thioether (sulfide) groups is 1. The lowest BCUT2D eigenvalue weighted by atomic mass is 9.75. The van der Waals surface area contributed by atoms with Crippen molar-refractivity contribution in [2.75, 3.05) is 18.8 Å². The summed E-state index contributed by atoms with van der Waals surface area (Å²) in [6.07, 6.45) is 8.10. The molecule has 1 heterocycles. The molecule has 0 amide bonds. The van der Waals surface area contributed by atoms with Gasteiger partial charge in [0.15, 0.2) is 5.17 Å². The molecule has 1 spiro atoms. The van der Waals surface area contributed by atoms with E-state index in [0.717, 1.165) is 19.5 Å². The van der Waals surface area contributed by atoms with Gasteiger partial charge in [0.1, 0.15) is 0 Å². The molecule has 0 aromatic heterocycles. The lowest BCUT2D eigenvalue weighted by molar-refractivity contribution is 0.232. The Kier molecular flexibility index (Phi) is 4.89. The van der Waals surface area contributed by atoms with Crippen LogP contribution in [0.15, 0.2) is 29.3 Å². The van der Waals surface area contributed by atoms with E-state index >= 15 is 0 Å². The van der Waals surface area contributed by atoms with Gasteiger partial charge in [-0.1, -0.05) is 55.3 Å². The number of amidine groups is 1. The van der Waals surface area contributed by atoms with Gasteiger partial charge in [0, 0.05) is 18.8 Å². The highest BCUT2D eigenvalue weighted by Gasteiger charge is 2.34. The molecular weight excluding hydrogens is 276 g/mol. The molecule has 1 fully saturated rings. The predicted molar refractivity (Wildman–Crippen MR) is 93.2 cm³/mol. The number of hydrogen-bond donors (Lipinski definition) is 1. The van der Waals surface area contributed by atoms with Gasteiger partial charge in [-0.05, 0) is 42.7 Å². The molecule has 1 aromatic rings. The summed E-state index contributed by atoms with van der Waals surface area (Å²) in [6, 6.07) is 8.65. The molecule has 1 saturated carbocycles. The molecule has 0 radical (unpaired) electrons. The lowest BCUT2D eigenvalue weighted by Gasteiger charge is -2.38. The summed E-state index contributed by atoms with van der Waals surface area (Å²) in [5.74, 6) is 1.27. The molecule has 1 aliphatic heterocycles. The highest BCUT2D eigenvalue weighted by Crippen LogP contribution is 2.41. The van der Waals surface area contributed by atoms with Gasteiger partial charge in [0.05, 0.1) is 0 Å². The molecule has 1 N–H and O–H groups in total. The first-order chi connectivity index (χ1) is 10.3. The zero-order valence-electron chi connectivity index (χ0n) is 13.0. The zero-order valence-corrected chi connectivity index (χ0v) is 13.8. The number of nitrogens with one attached hydrogen (secondary N) is 1. The molecule has 3 heteroatoms. The van der Waals surface area contributed by atoms with E-state index in [9.17, 15) is 0 Å². The van der Waals surface area contributed by atoms with Crippen molar-refractivity contribution in [1.29, 1.82) is 0 Å². The van der Waals surface area contributed by atoms with Crippen LogP contribution in [0.25, 0.3) is 0 Å². The predicted octanol–water partition coefficient (Wildman–Crippen LogP) is 4.18. The highest BCUT2D eigenvalue weighted by molar-refractivity contribution is 8.13. The summed E-state index contributed by atoms with van der Waals surface area (Å²) in [5, 5.41) is 4.70. The smallest absolute Gasteiger partial charge is 0.156 e. The van der Waals surface area contributed by atoms with Crippen molar-refractivity contribution < 1.29 is 0 Å². The molecule has 0 bridgehead atoms. The Morgan fingerprint density at radius 3 is 2.71 bits per heavy atom. The molecule has 1 aromatic carbocycles. The Bertz CT molecular complexity index is 504. The summed E-state index contributed by atoms with van der Waals surface area (Å²) in [4.78, 5) is 4.83. The van der Waals surface area contributed by atoms with Crippen molar-refractivity contribution in [2.24, 2.45) is 10.4 Å². The second-order valence-corrected chi connectivity index (χ2v) is 7.54. The average molecular weight is 302 g/mol. The largest absolute Gasteiger partial charge is 0.365 e. The van der Waals surface area contributed by atoms with E-state index in [0.29, 0.717) is 5.41 Å². The van der Waals surface area contributed by atoms with Crippen LogP contribution < -0.4 is 5.32 Å². The average Bonchev–Trinajstić information content (AvgIpc) is 2.52. The first kappa shape index (κ1) is 15.0. The van der Waals surface area contributed by atoms with Crippen LogP contribution in [0, 0.1) is 12.3 Å². The quantitative estimate of drug-likeness (QED) is 0.906. The summed E-state index contributed by atoms with van der Waals surface area (Å²) in [6.45, 7) is 4.23. The number of hydrogen-bond acceptors (Lipinski definition) is 3. The fourth-order valence-electron chi connectivity index (χ4n) is 3.46. The van der Waals surface area contributed by atoms with Crippen LogP contribution in [0.5, 0.6) is 0 Å². The van der Waals surface area contributed by atoms with E-state index in [-0.39, 0.29) is 0 Å². The van der Waals surface area contributed by atoms with E-state index in [1.165, 1.54) is 54.2 Å². The van der Waals surface area contributed by atoms with E-state index < -0.39 is 0 Å². The van der Waals surface area contributed by atoms with Crippen molar-refractivity contribution in [3.63, 3.8) is 0 Å². The molecular formula is C18H26N2S. The Morgan fingerprint density at radius 1 is 1.19 bits per heavy atom. The number of rotatable bonds is 3. The molecule has 114 valence electrons. The molecule has 1 aliphatic carbocycles. The first-order valence-corrected chi connectivity index (χ1v) is 9.22. The Hall–Kier alpha value is -0.960. The van der Waals surface area contributed by atoms with Gasteiger partial charge in [-0.25, -0.2) is 0 Å². The summed E-state index contributed by atoms with van der Waals surface area (Å²) >= 11 is 1.95. The summed E-state index contributed by atoms with van der Waals surface area (Å²) in [5.41, 5.74) is 3.36. The SMILES string of the molecule is Cc1ccccc1CCNC1=NCC2(CCCCC2)CS1. The summed E-state index contributed by atoms with van der Waals surface area (Å²) < 4.78 is 0. The molecule has 3 rings (SSSR count). The maximum atomic E-state index is 4.83. The molecule has 2 nitrogen and oxygen atoms in total. The number of aryl methyl sites for hydroxylation is 1. The number of nitrogens with zero attached hydrogens (tertiary/aromatic N) is 1. The van der Waals surface area contributed by atoms with E-state index in [4.69, 9.17) is 4.99 Å². The second kappa shape index (κ2) is 6.87. The lowest BCUT2D eigenvalue weighted by Crippen LogP contribution is -2.37. The monoisotopic (exact) mass is 302 g/mol. The Labute approximate surface area is 132 Å². The first-order valence-electron chi connectivity index (χ1n) is 8.23. The van der Waals surface area contributed by atoms with E-state index in [2.05, 4.69) is 36.5 Å². The third-order valence-corrected chi connectivity index (χ3v) is 6.22. The maximum Gasteiger partial charge on any atom is 0.156 e. The molecule has 21 heavy (non-hydrogen) atoms. The van der Waals surface area contributed by atoms with Gasteiger partial charge in [0.2, 0.25) is 0 Å². The van der Waals surface area contributed by atoms with Crippen molar-refractivity contribution in [3.8, 4) is 0 Å². The minimum absolute atomic E-state index is 0.532.